The zero-order valence-corrected chi connectivity index (χ0v) is 11.0. The summed E-state index contributed by atoms with van der Waals surface area (Å²) in [5, 5.41) is 3.33. The van der Waals surface area contributed by atoms with Crippen molar-refractivity contribution in [1.82, 2.24) is 4.98 Å². The van der Waals surface area contributed by atoms with Crippen molar-refractivity contribution in [2.75, 3.05) is 18.5 Å². The molecule has 1 N–H and O–H groups in total. The molecule has 0 aliphatic carbocycles. The quantitative estimate of drug-likeness (QED) is 0.895. The Hall–Kier alpha value is -0.610. The van der Waals surface area contributed by atoms with E-state index in [1.165, 1.54) is 0 Å². The second kappa shape index (κ2) is 5.47. The lowest BCUT2D eigenvalue weighted by Crippen LogP contribution is -2.33. The molecule has 0 aliphatic heterocycles. The van der Waals surface area contributed by atoms with Gasteiger partial charge in [-0.1, -0.05) is 0 Å². The normalized spacial score (nSPS) is 11.5. The summed E-state index contributed by atoms with van der Waals surface area (Å²) in [6, 6.07) is 1.94. The van der Waals surface area contributed by atoms with E-state index in [4.69, 9.17) is 4.74 Å². The van der Waals surface area contributed by atoms with Gasteiger partial charge in [-0.25, -0.2) is 0 Å². The highest BCUT2D eigenvalue weighted by molar-refractivity contribution is 9.10. The number of ether oxygens (including phenoxy) is 1. The third-order valence-corrected chi connectivity index (χ3v) is 2.64. The first-order valence-corrected chi connectivity index (χ1v) is 5.82. The molecule has 3 nitrogen and oxygen atoms in total. The molecule has 0 fully saturated rings. The van der Waals surface area contributed by atoms with E-state index < -0.39 is 0 Å². The summed E-state index contributed by atoms with van der Waals surface area (Å²) >= 11 is 3.44. The predicted molar refractivity (Wildman–Crippen MR) is 66.1 cm³/mol. The van der Waals surface area contributed by atoms with Gasteiger partial charge < -0.3 is 10.1 Å². The molecule has 0 unspecified atom stereocenters. The maximum Gasteiger partial charge on any atom is 0.0797 e. The van der Waals surface area contributed by atoms with Crippen LogP contribution in [0, 0.1) is 0 Å². The van der Waals surface area contributed by atoms with Crippen molar-refractivity contribution < 1.29 is 4.74 Å². The fourth-order valence-electron chi connectivity index (χ4n) is 1.27. The van der Waals surface area contributed by atoms with Crippen LogP contribution in [0.4, 0.5) is 5.69 Å². The number of nitrogens with zero attached hydrogens (tertiary/aromatic N) is 1. The van der Waals surface area contributed by atoms with Gasteiger partial charge in [-0.2, -0.15) is 0 Å². The summed E-state index contributed by atoms with van der Waals surface area (Å²) in [7, 11) is 0. The Morgan fingerprint density at radius 2 is 2.27 bits per heavy atom. The Morgan fingerprint density at radius 1 is 1.53 bits per heavy atom. The highest BCUT2D eigenvalue weighted by atomic mass is 79.9. The van der Waals surface area contributed by atoms with Gasteiger partial charge in [-0.15, -0.1) is 0 Å². The van der Waals surface area contributed by atoms with Gasteiger partial charge in [-0.3, -0.25) is 4.98 Å². The van der Waals surface area contributed by atoms with Crippen LogP contribution >= 0.6 is 15.9 Å². The second-order valence-electron chi connectivity index (χ2n) is 3.90. The number of hydrogen-bond acceptors (Lipinski definition) is 3. The molecule has 0 saturated carbocycles. The minimum Gasteiger partial charge on any atom is -0.381 e. The van der Waals surface area contributed by atoms with Crippen LogP contribution in [0.1, 0.15) is 20.8 Å². The third-order valence-electron chi connectivity index (χ3n) is 2.01. The molecule has 1 aromatic heterocycles. The molecular weight excluding hydrogens is 256 g/mol. The first kappa shape index (κ1) is 12.5. The summed E-state index contributed by atoms with van der Waals surface area (Å²) in [6.07, 6.45) is 3.54. The van der Waals surface area contributed by atoms with E-state index in [2.05, 4.69) is 40.1 Å². The lowest BCUT2D eigenvalue weighted by atomic mass is 10.1. The van der Waals surface area contributed by atoms with Crippen molar-refractivity contribution in [2.45, 2.75) is 26.4 Å². The van der Waals surface area contributed by atoms with Crippen LogP contribution in [-0.4, -0.2) is 23.7 Å². The standard InChI is InChI=1S/C11H17BrN2O/c1-4-15-11(2,3)8-14-10-5-6-13-7-9(10)12/h5-7H,4,8H2,1-3H3,(H,13,14). The molecule has 84 valence electrons. The van der Waals surface area contributed by atoms with Crippen LogP contribution in [0.5, 0.6) is 0 Å². The number of anilines is 1. The molecule has 0 saturated heterocycles. The van der Waals surface area contributed by atoms with Crippen LogP contribution in [0.2, 0.25) is 0 Å². The van der Waals surface area contributed by atoms with E-state index in [9.17, 15) is 0 Å². The lowest BCUT2D eigenvalue weighted by Gasteiger charge is -2.25. The molecule has 0 bridgehead atoms. The van der Waals surface area contributed by atoms with E-state index in [1.807, 2.05) is 13.0 Å². The van der Waals surface area contributed by atoms with E-state index in [0.29, 0.717) is 0 Å². The SMILES string of the molecule is CCOC(C)(C)CNc1ccncc1Br. The summed E-state index contributed by atoms with van der Waals surface area (Å²) < 4.78 is 6.57. The summed E-state index contributed by atoms with van der Waals surface area (Å²) in [6.45, 7) is 7.64. The van der Waals surface area contributed by atoms with Gasteiger partial charge in [0, 0.05) is 25.5 Å². The highest BCUT2D eigenvalue weighted by Gasteiger charge is 2.17. The van der Waals surface area contributed by atoms with E-state index in [-0.39, 0.29) is 5.60 Å². The molecule has 1 heterocycles. The average molecular weight is 273 g/mol. The molecular formula is C11H17BrN2O. The predicted octanol–water partition coefficient (Wildman–Crippen LogP) is 3.07. The smallest absolute Gasteiger partial charge is 0.0797 e. The number of rotatable bonds is 5. The fraction of sp³-hybridized carbons (Fsp3) is 0.545. The number of aromatic nitrogens is 1. The number of hydrogen-bond donors (Lipinski definition) is 1. The van der Waals surface area contributed by atoms with Gasteiger partial charge in [0.15, 0.2) is 0 Å². The minimum absolute atomic E-state index is 0.155. The average Bonchev–Trinajstić information content (AvgIpc) is 2.16. The second-order valence-corrected chi connectivity index (χ2v) is 4.76. The molecule has 15 heavy (non-hydrogen) atoms. The number of halogens is 1. The van der Waals surface area contributed by atoms with Crippen molar-refractivity contribution in [1.29, 1.82) is 0 Å². The van der Waals surface area contributed by atoms with Crippen molar-refractivity contribution in [2.24, 2.45) is 0 Å². The third kappa shape index (κ3) is 4.18. The molecule has 0 aromatic carbocycles. The fourth-order valence-corrected chi connectivity index (χ4v) is 1.66. The first-order chi connectivity index (χ1) is 7.05. The van der Waals surface area contributed by atoms with Crippen molar-refractivity contribution in [3.8, 4) is 0 Å². The Labute approximate surface area is 99.4 Å². The molecule has 0 aliphatic rings. The van der Waals surface area contributed by atoms with Gasteiger partial charge in [0.1, 0.15) is 0 Å². The van der Waals surface area contributed by atoms with Crippen LogP contribution < -0.4 is 5.32 Å². The first-order valence-electron chi connectivity index (χ1n) is 5.02. The molecule has 4 heteroatoms. The molecule has 0 spiro atoms. The van der Waals surface area contributed by atoms with Crippen molar-refractivity contribution in [3.05, 3.63) is 22.9 Å². The monoisotopic (exact) mass is 272 g/mol. The van der Waals surface area contributed by atoms with Crippen molar-refractivity contribution >= 4 is 21.6 Å². The zero-order chi connectivity index (χ0) is 11.3. The highest BCUT2D eigenvalue weighted by Crippen LogP contribution is 2.21. The molecule has 0 atom stereocenters. The molecule has 0 amide bonds. The van der Waals surface area contributed by atoms with E-state index in [1.54, 1.807) is 12.4 Å². The summed E-state index contributed by atoms with van der Waals surface area (Å²) in [5.41, 5.74) is 0.884. The summed E-state index contributed by atoms with van der Waals surface area (Å²) in [5.74, 6) is 0. The largest absolute Gasteiger partial charge is 0.381 e. The molecule has 0 radical (unpaired) electrons. The van der Waals surface area contributed by atoms with Gasteiger partial charge >= 0.3 is 0 Å². The topological polar surface area (TPSA) is 34.1 Å². The van der Waals surface area contributed by atoms with E-state index in [0.717, 1.165) is 23.3 Å². The van der Waals surface area contributed by atoms with Crippen molar-refractivity contribution in [3.63, 3.8) is 0 Å². The van der Waals surface area contributed by atoms with Crippen LogP contribution in [0.15, 0.2) is 22.9 Å². The van der Waals surface area contributed by atoms with Crippen LogP contribution in [0.25, 0.3) is 0 Å². The van der Waals surface area contributed by atoms with E-state index >= 15 is 0 Å². The minimum atomic E-state index is -0.155. The Balaban J connectivity index is 2.53. The maximum absolute atomic E-state index is 5.60. The molecule has 1 rings (SSSR count). The number of nitrogens with one attached hydrogen (secondary N) is 1. The number of pyridine rings is 1. The Morgan fingerprint density at radius 3 is 2.87 bits per heavy atom. The summed E-state index contributed by atoms with van der Waals surface area (Å²) in [4.78, 5) is 4.01. The van der Waals surface area contributed by atoms with Gasteiger partial charge in [0.05, 0.1) is 15.8 Å². The van der Waals surface area contributed by atoms with Gasteiger partial charge in [-0.05, 0) is 42.8 Å². The lowest BCUT2D eigenvalue weighted by molar-refractivity contribution is 0.000689. The maximum atomic E-state index is 5.60. The molecule has 1 aromatic rings. The Bertz CT molecular complexity index is 315. The Kier molecular flexibility index (Phi) is 4.54. The van der Waals surface area contributed by atoms with Gasteiger partial charge in [0.2, 0.25) is 0 Å². The van der Waals surface area contributed by atoms with Crippen LogP contribution in [0.3, 0.4) is 0 Å². The van der Waals surface area contributed by atoms with Gasteiger partial charge in [0.25, 0.3) is 0 Å². The zero-order valence-electron chi connectivity index (χ0n) is 9.38. The van der Waals surface area contributed by atoms with Crippen LogP contribution in [-0.2, 0) is 4.74 Å².